The highest BCUT2D eigenvalue weighted by Crippen LogP contribution is 2.28. The van der Waals surface area contributed by atoms with Gasteiger partial charge in [0.1, 0.15) is 6.10 Å². The van der Waals surface area contributed by atoms with Gasteiger partial charge in [0.15, 0.2) is 0 Å². The third kappa shape index (κ3) is 3.26. The van der Waals surface area contributed by atoms with Crippen molar-refractivity contribution in [2.75, 3.05) is 0 Å². The lowest BCUT2D eigenvalue weighted by Gasteiger charge is -2.32. The average molecular weight is 275 g/mol. The van der Waals surface area contributed by atoms with Gasteiger partial charge < -0.3 is 10.1 Å². The molecule has 1 N–H and O–H groups in total. The number of nitrogens with zero attached hydrogens (tertiary/aromatic N) is 2. The number of hydrogen-bond donors (Lipinski definition) is 1. The fourth-order valence-electron chi connectivity index (χ4n) is 2.83. The quantitative estimate of drug-likeness (QED) is 0.913. The summed E-state index contributed by atoms with van der Waals surface area (Å²) in [5, 5.41) is 3.18. The third-order valence-corrected chi connectivity index (χ3v) is 4.32. The van der Waals surface area contributed by atoms with E-state index in [4.69, 9.17) is 4.74 Å². The van der Waals surface area contributed by atoms with E-state index < -0.39 is 0 Å². The number of aromatic nitrogens is 2. The molecule has 1 aromatic rings. The molecule has 0 aromatic carbocycles. The summed E-state index contributed by atoms with van der Waals surface area (Å²) in [6.45, 7) is 0. The van der Waals surface area contributed by atoms with E-state index in [0.29, 0.717) is 11.9 Å². The maximum atomic E-state index is 11.9. The third-order valence-electron chi connectivity index (χ3n) is 4.32. The minimum absolute atomic E-state index is 0.198. The van der Waals surface area contributed by atoms with Crippen molar-refractivity contribution >= 4 is 5.91 Å². The average Bonchev–Trinajstić information content (AvgIpc) is 2.40. The zero-order valence-corrected chi connectivity index (χ0v) is 11.6. The Bertz CT molecular complexity index is 440. The molecule has 5 nitrogen and oxygen atoms in total. The Labute approximate surface area is 119 Å². The van der Waals surface area contributed by atoms with Crippen LogP contribution in [0.4, 0.5) is 0 Å². The molecule has 0 saturated heterocycles. The molecule has 20 heavy (non-hydrogen) atoms. The molecule has 2 aliphatic carbocycles. The molecule has 0 radical (unpaired) electrons. The molecule has 3 rings (SSSR count). The van der Waals surface area contributed by atoms with Crippen molar-refractivity contribution in [3.63, 3.8) is 0 Å². The van der Waals surface area contributed by atoms with Crippen LogP contribution in [0.5, 0.6) is 5.88 Å². The first-order valence-electron chi connectivity index (χ1n) is 7.54. The highest BCUT2D eigenvalue weighted by Gasteiger charge is 2.29. The maximum absolute atomic E-state index is 11.9. The molecule has 1 amide bonds. The van der Waals surface area contributed by atoms with Crippen LogP contribution in [0.2, 0.25) is 0 Å². The predicted molar refractivity (Wildman–Crippen MR) is 74.2 cm³/mol. The molecule has 108 valence electrons. The second kappa shape index (κ2) is 6.20. The molecular formula is C15H21N3O2. The van der Waals surface area contributed by atoms with Gasteiger partial charge in [0.05, 0.1) is 6.20 Å². The zero-order chi connectivity index (χ0) is 13.8. The van der Waals surface area contributed by atoms with Crippen molar-refractivity contribution in [2.45, 2.75) is 57.1 Å². The van der Waals surface area contributed by atoms with Gasteiger partial charge in [-0.05, 0) is 38.5 Å². The summed E-state index contributed by atoms with van der Waals surface area (Å²) in [5.41, 5.74) is 0. The number of hydrogen-bond acceptors (Lipinski definition) is 4. The second-order valence-corrected chi connectivity index (χ2v) is 5.77. The minimum atomic E-state index is 0.198. The summed E-state index contributed by atoms with van der Waals surface area (Å²) >= 11 is 0. The lowest BCUT2D eigenvalue weighted by Crippen LogP contribution is -2.43. The molecule has 0 bridgehead atoms. The van der Waals surface area contributed by atoms with E-state index in [2.05, 4.69) is 15.3 Å². The number of amides is 1. The van der Waals surface area contributed by atoms with Crippen molar-refractivity contribution in [3.05, 3.63) is 18.6 Å². The fraction of sp³-hybridized carbons (Fsp3) is 0.667. The van der Waals surface area contributed by atoms with Crippen LogP contribution in [0.25, 0.3) is 0 Å². The van der Waals surface area contributed by atoms with Crippen LogP contribution >= 0.6 is 0 Å². The Hall–Kier alpha value is -1.65. The van der Waals surface area contributed by atoms with Gasteiger partial charge >= 0.3 is 0 Å². The number of nitrogens with one attached hydrogen (secondary N) is 1. The lowest BCUT2D eigenvalue weighted by molar-refractivity contribution is -0.128. The monoisotopic (exact) mass is 275 g/mol. The van der Waals surface area contributed by atoms with Gasteiger partial charge in [-0.2, -0.15) is 0 Å². The van der Waals surface area contributed by atoms with Crippen LogP contribution in [0.15, 0.2) is 18.6 Å². The fourth-order valence-corrected chi connectivity index (χ4v) is 2.83. The summed E-state index contributed by atoms with van der Waals surface area (Å²) in [4.78, 5) is 20.0. The van der Waals surface area contributed by atoms with Crippen molar-refractivity contribution < 1.29 is 9.53 Å². The van der Waals surface area contributed by atoms with E-state index >= 15 is 0 Å². The molecule has 1 heterocycles. The van der Waals surface area contributed by atoms with Crippen molar-refractivity contribution in [1.29, 1.82) is 0 Å². The normalized spacial score (nSPS) is 26.6. The van der Waals surface area contributed by atoms with E-state index in [9.17, 15) is 4.79 Å². The summed E-state index contributed by atoms with van der Waals surface area (Å²) in [7, 11) is 0. The first kappa shape index (κ1) is 13.3. The van der Waals surface area contributed by atoms with Gasteiger partial charge in [0.2, 0.25) is 11.8 Å². The predicted octanol–water partition coefficient (Wildman–Crippen LogP) is 2.08. The van der Waals surface area contributed by atoms with E-state index in [-0.39, 0.29) is 17.9 Å². The van der Waals surface area contributed by atoms with Gasteiger partial charge in [-0.1, -0.05) is 6.42 Å². The topological polar surface area (TPSA) is 64.1 Å². The molecule has 2 fully saturated rings. The van der Waals surface area contributed by atoms with Crippen LogP contribution in [-0.4, -0.2) is 28.0 Å². The van der Waals surface area contributed by atoms with Crippen molar-refractivity contribution in [3.8, 4) is 5.88 Å². The van der Waals surface area contributed by atoms with Crippen molar-refractivity contribution in [2.24, 2.45) is 5.92 Å². The highest BCUT2D eigenvalue weighted by atomic mass is 16.5. The van der Waals surface area contributed by atoms with E-state index in [1.54, 1.807) is 18.6 Å². The van der Waals surface area contributed by atoms with Crippen LogP contribution in [0.3, 0.4) is 0 Å². The number of carbonyl (C=O) groups excluding carboxylic acids is 1. The lowest BCUT2D eigenvalue weighted by atomic mass is 9.84. The SMILES string of the molecule is O=C(NC1CCC(Oc2cnccn2)CC1)C1CCC1. The maximum Gasteiger partial charge on any atom is 0.232 e. The van der Waals surface area contributed by atoms with E-state index in [1.807, 2.05) is 0 Å². The Morgan fingerprint density at radius 3 is 2.55 bits per heavy atom. The van der Waals surface area contributed by atoms with Crippen LogP contribution < -0.4 is 10.1 Å². The van der Waals surface area contributed by atoms with Gasteiger partial charge in [-0.25, -0.2) is 4.98 Å². The Kier molecular flexibility index (Phi) is 4.14. The number of ether oxygens (including phenoxy) is 1. The van der Waals surface area contributed by atoms with E-state index in [0.717, 1.165) is 38.5 Å². The van der Waals surface area contributed by atoms with Gasteiger partial charge in [0, 0.05) is 24.4 Å². The number of rotatable bonds is 4. The first-order chi connectivity index (χ1) is 9.81. The Morgan fingerprint density at radius 1 is 1.15 bits per heavy atom. The van der Waals surface area contributed by atoms with Crippen LogP contribution in [-0.2, 0) is 4.79 Å². The van der Waals surface area contributed by atoms with E-state index in [1.165, 1.54) is 6.42 Å². The summed E-state index contributed by atoms with van der Waals surface area (Å²) < 4.78 is 5.80. The number of carbonyl (C=O) groups is 1. The molecule has 2 aliphatic rings. The molecular weight excluding hydrogens is 254 g/mol. The highest BCUT2D eigenvalue weighted by molar-refractivity contribution is 5.79. The van der Waals surface area contributed by atoms with Crippen LogP contribution in [0.1, 0.15) is 44.9 Å². The Morgan fingerprint density at radius 2 is 1.95 bits per heavy atom. The van der Waals surface area contributed by atoms with Gasteiger partial charge in [-0.15, -0.1) is 0 Å². The zero-order valence-electron chi connectivity index (χ0n) is 11.6. The molecule has 1 aromatic heterocycles. The van der Waals surface area contributed by atoms with Gasteiger partial charge in [0.25, 0.3) is 0 Å². The van der Waals surface area contributed by atoms with Gasteiger partial charge in [-0.3, -0.25) is 9.78 Å². The largest absolute Gasteiger partial charge is 0.473 e. The summed E-state index contributed by atoms with van der Waals surface area (Å²) in [6.07, 6.45) is 12.4. The smallest absolute Gasteiger partial charge is 0.232 e. The Balaban J connectivity index is 1.41. The molecule has 2 saturated carbocycles. The molecule has 0 spiro atoms. The molecule has 0 unspecified atom stereocenters. The second-order valence-electron chi connectivity index (χ2n) is 5.77. The summed E-state index contributed by atoms with van der Waals surface area (Å²) in [6, 6.07) is 0.324. The molecule has 5 heteroatoms. The minimum Gasteiger partial charge on any atom is -0.473 e. The molecule has 0 aliphatic heterocycles. The summed E-state index contributed by atoms with van der Waals surface area (Å²) in [5.74, 6) is 1.13. The van der Waals surface area contributed by atoms with Crippen LogP contribution in [0, 0.1) is 5.92 Å². The van der Waals surface area contributed by atoms with Crippen molar-refractivity contribution in [1.82, 2.24) is 15.3 Å². The standard InChI is InChI=1S/C15H21N3O2/c19-15(11-2-1-3-11)18-12-4-6-13(7-5-12)20-14-10-16-8-9-17-14/h8-13H,1-7H2,(H,18,19). The first-order valence-corrected chi connectivity index (χ1v) is 7.54. The molecule has 0 atom stereocenters.